The summed E-state index contributed by atoms with van der Waals surface area (Å²) in [5.41, 5.74) is 1.11. The summed E-state index contributed by atoms with van der Waals surface area (Å²) in [5, 5.41) is 2.87. The Labute approximate surface area is 180 Å². The third-order valence-corrected chi connectivity index (χ3v) is 6.24. The summed E-state index contributed by atoms with van der Waals surface area (Å²) in [6.45, 7) is 0. The molecule has 0 aliphatic carbocycles. The van der Waals surface area contributed by atoms with Crippen molar-refractivity contribution >= 4 is 27.1 Å². The Kier molecular flexibility index (Phi) is 5.64. The van der Waals surface area contributed by atoms with Crippen molar-refractivity contribution in [3.05, 3.63) is 90.0 Å². The second-order valence-electron chi connectivity index (χ2n) is 6.77. The molecule has 8 heteroatoms. The van der Waals surface area contributed by atoms with Crippen LogP contribution in [0.3, 0.4) is 0 Å². The van der Waals surface area contributed by atoms with Crippen LogP contribution in [0.1, 0.15) is 0 Å². The van der Waals surface area contributed by atoms with E-state index in [1.807, 2.05) is 30.3 Å². The van der Waals surface area contributed by atoms with Gasteiger partial charge < -0.3 is 14.8 Å². The Morgan fingerprint density at radius 3 is 2.13 bits per heavy atom. The van der Waals surface area contributed by atoms with Gasteiger partial charge in [0.05, 0.1) is 7.11 Å². The lowest BCUT2D eigenvalue weighted by molar-refractivity contribution is -0.114. The predicted molar refractivity (Wildman–Crippen MR) is 119 cm³/mol. The highest BCUT2D eigenvalue weighted by Gasteiger charge is 2.40. The molecule has 158 valence electrons. The van der Waals surface area contributed by atoms with E-state index in [0.29, 0.717) is 28.6 Å². The van der Waals surface area contributed by atoms with Crippen LogP contribution < -0.4 is 19.7 Å². The number of nitrogens with zero attached hydrogens (tertiary/aromatic N) is 1. The molecule has 3 aromatic carbocycles. The Bertz CT molecular complexity index is 1210. The lowest BCUT2D eigenvalue weighted by atomic mass is 10.2. The standard InChI is InChI=1S/C23H20N2O5S/c1-29-19-11-7-17(8-12-19)24-15-22-23(26)25(16-31(22,27)28)18-9-13-21(14-10-18)30-20-5-3-2-4-6-20/h2-15,24H,16H2,1H3/b22-15+. The lowest BCUT2D eigenvalue weighted by Crippen LogP contribution is -2.24. The van der Waals surface area contributed by atoms with E-state index in [1.165, 1.54) is 11.1 Å². The first kappa shape index (κ1) is 20.5. The Morgan fingerprint density at radius 2 is 1.48 bits per heavy atom. The molecule has 4 rings (SSSR count). The number of ether oxygens (including phenoxy) is 2. The van der Waals surface area contributed by atoms with Crippen LogP contribution in [-0.2, 0) is 14.6 Å². The van der Waals surface area contributed by atoms with Crippen molar-refractivity contribution in [1.29, 1.82) is 0 Å². The first-order valence-electron chi connectivity index (χ1n) is 9.45. The first-order valence-corrected chi connectivity index (χ1v) is 11.1. The number of benzene rings is 3. The van der Waals surface area contributed by atoms with Crippen molar-refractivity contribution in [3.63, 3.8) is 0 Å². The van der Waals surface area contributed by atoms with Gasteiger partial charge in [0.2, 0.25) is 9.84 Å². The smallest absolute Gasteiger partial charge is 0.272 e. The number of rotatable bonds is 6. The molecule has 0 radical (unpaired) electrons. The summed E-state index contributed by atoms with van der Waals surface area (Å²) in [6.07, 6.45) is 1.23. The van der Waals surface area contributed by atoms with E-state index in [-0.39, 0.29) is 4.91 Å². The number of para-hydroxylation sites is 1. The zero-order chi connectivity index (χ0) is 21.8. The van der Waals surface area contributed by atoms with E-state index >= 15 is 0 Å². The van der Waals surface area contributed by atoms with Gasteiger partial charge in [-0.2, -0.15) is 0 Å². The number of methoxy groups -OCH3 is 1. The van der Waals surface area contributed by atoms with Gasteiger partial charge in [-0.15, -0.1) is 0 Å². The summed E-state index contributed by atoms with van der Waals surface area (Å²) in [4.78, 5) is 13.7. The molecule has 0 aromatic heterocycles. The predicted octanol–water partition coefficient (Wildman–Crippen LogP) is 4.16. The highest BCUT2D eigenvalue weighted by Crippen LogP contribution is 2.30. The number of carbonyl (C=O) groups excluding carboxylic acids is 1. The fourth-order valence-corrected chi connectivity index (χ4v) is 4.42. The van der Waals surface area contributed by atoms with Crippen LogP contribution in [-0.4, -0.2) is 27.3 Å². The molecule has 1 aliphatic rings. The van der Waals surface area contributed by atoms with Crippen molar-refractivity contribution in [2.75, 3.05) is 23.2 Å². The molecule has 0 bridgehead atoms. The summed E-state index contributed by atoms with van der Waals surface area (Å²) >= 11 is 0. The molecular weight excluding hydrogens is 416 g/mol. The van der Waals surface area contributed by atoms with Crippen molar-refractivity contribution in [3.8, 4) is 17.2 Å². The number of carbonyl (C=O) groups is 1. The third kappa shape index (κ3) is 4.54. The van der Waals surface area contributed by atoms with Crippen molar-refractivity contribution in [2.45, 2.75) is 0 Å². The average Bonchev–Trinajstić information content (AvgIpc) is 3.02. The van der Waals surface area contributed by atoms with Crippen molar-refractivity contribution < 1.29 is 22.7 Å². The minimum Gasteiger partial charge on any atom is -0.497 e. The minimum absolute atomic E-state index is 0.284. The van der Waals surface area contributed by atoms with E-state index in [0.717, 1.165) is 0 Å². The third-order valence-electron chi connectivity index (χ3n) is 4.68. The Morgan fingerprint density at radius 1 is 0.871 bits per heavy atom. The minimum atomic E-state index is -3.76. The van der Waals surface area contributed by atoms with Gasteiger partial charge in [0, 0.05) is 17.6 Å². The molecule has 0 saturated carbocycles. The number of hydrogen-bond acceptors (Lipinski definition) is 6. The fraction of sp³-hybridized carbons (Fsp3) is 0.0870. The van der Waals surface area contributed by atoms with Crippen LogP contribution in [0, 0.1) is 0 Å². The van der Waals surface area contributed by atoms with E-state index in [9.17, 15) is 13.2 Å². The highest BCUT2D eigenvalue weighted by atomic mass is 32.2. The van der Waals surface area contributed by atoms with E-state index < -0.39 is 21.6 Å². The van der Waals surface area contributed by atoms with Crippen LogP contribution in [0.25, 0.3) is 0 Å². The second kappa shape index (κ2) is 8.53. The zero-order valence-electron chi connectivity index (χ0n) is 16.7. The maximum absolute atomic E-state index is 12.8. The van der Waals surface area contributed by atoms with Crippen LogP contribution in [0.15, 0.2) is 90.0 Å². The first-order chi connectivity index (χ1) is 15.0. The lowest BCUT2D eigenvalue weighted by Gasteiger charge is -2.14. The van der Waals surface area contributed by atoms with Crippen molar-refractivity contribution in [1.82, 2.24) is 0 Å². The van der Waals surface area contributed by atoms with Gasteiger partial charge in [0.25, 0.3) is 5.91 Å². The SMILES string of the molecule is COc1ccc(N/C=C2\C(=O)N(c3ccc(Oc4ccccc4)cc3)CS2(=O)=O)cc1. The molecule has 0 atom stereocenters. The van der Waals surface area contributed by atoms with E-state index in [4.69, 9.17) is 9.47 Å². The number of anilines is 2. The Balaban J connectivity index is 1.50. The van der Waals surface area contributed by atoms with Gasteiger partial charge in [0.15, 0.2) is 0 Å². The summed E-state index contributed by atoms with van der Waals surface area (Å²) in [5.74, 6) is 0.943. The molecule has 0 spiro atoms. The molecule has 1 N–H and O–H groups in total. The second-order valence-corrected chi connectivity index (χ2v) is 8.69. The van der Waals surface area contributed by atoms with Crippen LogP contribution in [0.5, 0.6) is 17.2 Å². The molecule has 1 heterocycles. The molecule has 1 fully saturated rings. The van der Waals surface area contributed by atoms with Crippen molar-refractivity contribution in [2.24, 2.45) is 0 Å². The Hall–Kier alpha value is -3.78. The van der Waals surface area contributed by atoms with E-state index in [2.05, 4.69) is 5.32 Å². The van der Waals surface area contributed by atoms with Crippen LogP contribution >= 0.6 is 0 Å². The molecule has 1 amide bonds. The molecule has 0 unspecified atom stereocenters. The fourth-order valence-electron chi connectivity index (χ4n) is 3.06. The average molecular weight is 436 g/mol. The topological polar surface area (TPSA) is 84.9 Å². The molecule has 3 aromatic rings. The summed E-state index contributed by atoms with van der Waals surface area (Å²) in [6, 6.07) is 22.9. The van der Waals surface area contributed by atoms with Gasteiger partial charge in [-0.3, -0.25) is 9.69 Å². The number of nitrogens with one attached hydrogen (secondary N) is 1. The monoisotopic (exact) mass is 436 g/mol. The van der Waals surface area contributed by atoms with Crippen LogP contribution in [0.2, 0.25) is 0 Å². The van der Waals surface area contributed by atoms with Gasteiger partial charge in [0.1, 0.15) is 28.0 Å². The zero-order valence-corrected chi connectivity index (χ0v) is 17.5. The number of hydrogen-bond donors (Lipinski definition) is 1. The maximum atomic E-state index is 12.8. The molecule has 31 heavy (non-hydrogen) atoms. The molecule has 1 saturated heterocycles. The number of sulfone groups is 1. The molecular formula is C23H20N2O5S. The molecule has 1 aliphatic heterocycles. The van der Waals surface area contributed by atoms with Gasteiger partial charge in [-0.1, -0.05) is 18.2 Å². The van der Waals surface area contributed by atoms with Crippen LogP contribution in [0.4, 0.5) is 11.4 Å². The van der Waals surface area contributed by atoms with Gasteiger partial charge in [-0.05, 0) is 60.7 Å². The maximum Gasteiger partial charge on any atom is 0.272 e. The van der Waals surface area contributed by atoms with E-state index in [1.54, 1.807) is 55.6 Å². The summed E-state index contributed by atoms with van der Waals surface area (Å²) < 4.78 is 36.0. The van der Waals surface area contributed by atoms with Gasteiger partial charge in [-0.25, -0.2) is 8.42 Å². The summed E-state index contributed by atoms with van der Waals surface area (Å²) in [7, 11) is -2.20. The number of amides is 1. The molecule has 7 nitrogen and oxygen atoms in total. The quantitative estimate of drug-likeness (QED) is 0.584. The highest BCUT2D eigenvalue weighted by molar-refractivity contribution is 7.97. The largest absolute Gasteiger partial charge is 0.497 e. The normalized spacial score (nSPS) is 16.4. The van der Waals surface area contributed by atoms with Gasteiger partial charge >= 0.3 is 0 Å².